The molecule has 2 aromatic heterocycles. The second kappa shape index (κ2) is 4.94. The van der Waals surface area contributed by atoms with E-state index >= 15 is 0 Å². The lowest BCUT2D eigenvalue weighted by Gasteiger charge is -2.06. The molecule has 6 heteroatoms. The molecule has 1 aromatic carbocycles. The van der Waals surface area contributed by atoms with Crippen LogP contribution in [0.15, 0.2) is 28.9 Å². The third kappa shape index (κ3) is 2.20. The van der Waals surface area contributed by atoms with E-state index in [1.54, 1.807) is 4.52 Å². The van der Waals surface area contributed by atoms with E-state index in [-0.39, 0.29) is 0 Å². The molecule has 20 heavy (non-hydrogen) atoms. The average molecular weight is 335 g/mol. The molecule has 0 atom stereocenters. The first kappa shape index (κ1) is 13.2. The van der Waals surface area contributed by atoms with E-state index in [0.29, 0.717) is 6.61 Å². The summed E-state index contributed by atoms with van der Waals surface area (Å²) in [4.78, 5) is 4.46. The van der Waals surface area contributed by atoms with Gasteiger partial charge in [0.1, 0.15) is 17.0 Å². The van der Waals surface area contributed by atoms with Crippen LogP contribution in [-0.4, -0.2) is 19.2 Å². The van der Waals surface area contributed by atoms with Gasteiger partial charge in [0.05, 0.1) is 5.69 Å². The first-order chi connectivity index (χ1) is 9.56. The molecule has 3 aromatic rings. The average Bonchev–Trinajstić information content (AvgIpc) is 2.87. The minimum atomic E-state index is 0.412. The van der Waals surface area contributed by atoms with Crippen molar-refractivity contribution in [2.75, 3.05) is 0 Å². The van der Waals surface area contributed by atoms with Crippen molar-refractivity contribution in [1.82, 2.24) is 19.2 Å². The van der Waals surface area contributed by atoms with Crippen molar-refractivity contribution in [3.05, 3.63) is 46.0 Å². The monoisotopic (exact) mass is 334 g/mol. The zero-order chi connectivity index (χ0) is 14.3. The van der Waals surface area contributed by atoms with Gasteiger partial charge in [0.25, 0.3) is 0 Å². The van der Waals surface area contributed by atoms with Crippen molar-refractivity contribution >= 4 is 21.7 Å². The fourth-order valence-electron chi connectivity index (χ4n) is 2.07. The Kier molecular flexibility index (Phi) is 3.25. The maximum absolute atomic E-state index is 5.78. The molecule has 0 N–H and O–H groups in total. The van der Waals surface area contributed by atoms with E-state index in [0.717, 1.165) is 27.6 Å². The van der Waals surface area contributed by atoms with Crippen LogP contribution in [0.3, 0.4) is 0 Å². The van der Waals surface area contributed by atoms with Crippen LogP contribution in [-0.2, 0) is 13.7 Å². The molecular formula is C14H15BrN4O. The maximum atomic E-state index is 5.78. The molecule has 0 amide bonds. The van der Waals surface area contributed by atoms with Gasteiger partial charge in [-0.3, -0.25) is 4.57 Å². The van der Waals surface area contributed by atoms with Crippen LogP contribution in [0.5, 0.6) is 5.75 Å². The van der Waals surface area contributed by atoms with Crippen molar-refractivity contribution < 1.29 is 4.74 Å². The molecule has 2 heterocycles. The number of hydrogen-bond acceptors (Lipinski definition) is 3. The molecule has 0 saturated carbocycles. The minimum absolute atomic E-state index is 0.412. The Balaban J connectivity index is 1.86. The molecule has 0 bridgehead atoms. The summed E-state index contributed by atoms with van der Waals surface area (Å²) in [6.07, 6.45) is 0. The van der Waals surface area contributed by atoms with Gasteiger partial charge >= 0.3 is 0 Å². The van der Waals surface area contributed by atoms with Crippen LogP contribution in [0.1, 0.15) is 17.1 Å². The van der Waals surface area contributed by atoms with Gasteiger partial charge in [-0.05, 0) is 47.5 Å². The molecule has 0 aliphatic rings. The molecule has 0 unspecified atom stereocenters. The zero-order valence-corrected chi connectivity index (χ0v) is 13.2. The zero-order valence-electron chi connectivity index (χ0n) is 11.6. The molecule has 0 spiro atoms. The molecule has 0 aliphatic carbocycles. The summed E-state index contributed by atoms with van der Waals surface area (Å²) in [5, 5.41) is 4.52. The number of aryl methyl sites for hydroxylation is 3. The fourth-order valence-corrected chi connectivity index (χ4v) is 2.39. The number of halogens is 1. The normalized spacial score (nSPS) is 11.2. The Morgan fingerprint density at radius 1 is 1.30 bits per heavy atom. The molecule has 0 radical (unpaired) electrons. The highest BCUT2D eigenvalue weighted by Crippen LogP contribution is 2.19. The largest absolute Gasteiger partial charge is 0.486 e. The second-order valence-corrected chi connectivity index (χ2v) is 5.53. The van der Waals surface area contributed by atoms with E-state index in [9.17, 15) is 0 Å². The Morgan fingerprint density at radius 3 is 2.80 bits per heavy atom. The Labute approximate surface area is 125 Å². The van der Waals surface area contributed by atoms with E-state index in [1.807, 2.05) is 49.7 Å². The highest BCUT2D eigenvalue weighted by atomic mass is 79.9. The predicted molar refractivity (Wildman–Crippen MR) is 79.9 cm³/mol. The molecule has 104 valence electrons. The van der Waals surface area contributed by atoms with Crippen molar-refractivity contribution in [3.8, 4) is 5.75 Å². The number of nitrogens with zero attached hydrogens (tertiary/aromatic N) is 4. The number of hydrogen-bond donors (Lipinski definition) is 0. The smallest absolute Gasteiger partial charge is 0.233 e. The summed E-state index contributed by atoms with van der Waals surface area (Å²) < 4.78 is 10.4. The predicted octanol–water partition coefficient (Wildman–Crippen LogP) is 3.03. The van der Waals surface area contributed by atoms with Crippen LogP contribution >= 0.6 is 15.9 Å². The molecule has 0 saturated heterocycles. The summed E-state index contributed by atoms with van der Waals surface area (Å²) in [7, 11) is 1.94. The number of rotatable bonds is 3. The van der Waals surface area contributed by atoms with Crippen LogP contribution in [0, 0.1) is 13.8 Å². The topological polar surface area (TPSA) is 44.4 Å². The third-order valence-corrected chi connectivity index (χ3v) is 4.11. The van der Waals surface area contributed by atoms with Gasteiger partial charge in [-0.15, -0.1) is 5.10 Å². The number of imidazole rings is 1. The van der Waals surface area contributed by atoms with Crippen molar-refractivity contribution in [2.24, 2.45) is 7.05 Å². The van der Waals surface area contributed by atoms with Crippen LogP contribution in [0.2, 0.25) is 0 Å². The molecular weight excluding hydrogens is 320 g/mol. The van der Waals surface area contributed by atoms with E-state index in [1.165, 1.54) is 5.56 Å². The van der Waals surface area contributed by atoms with Gasteiger partial charge in [-0.1, -0.05) is 12.1 Å². The number of fused-ring (bicyclic) bond motifs is 1. The quantitative estimate of drug-likeness (QED) is 0.739. The third-order valence-electron chi connectivity index (χ3n) is 3.20. The number of ether oxygens (including phenoxy) is 1. The maximum Gasteiger partial charge on any atom is 0.233 e. The van der Waals surface area contributed by atoms with Crippen LogP contribution < -0.4 is 4.74 Å². The Bertz CT molecular complexity index is 775. The van der Waals surface area contributed by atoms with Gasteiger partial charge in [0, 0.05) is 7.05 Å². The van der Waals surface area contributed by atoms with Crippen molar-refractivity contribution in [1.29, 1.82) is 0 Å². The van der Waals surface area contributed by atoms with Crippen LogP contribution in [0.4, 0.5) is 0 Å². The van der Waals surface area contributed by atoms with Crippen molar-refractivity contribution in [3.63, 3.8) is 0 Å². The summed E-state index contributed by atoms with van der Waals surface area (Å²) >= 11 is 3.49. The van der Waals surface area contributed by atoms with Crippen LogP contribution in [0.25, 0.3) is 5.78 Å². The summed E-state index contributed by atoms with van der Waals surface area (Å²) in [6.45, 7) is 4.40. The van der Waals surface area contributed by atoms with Gasteiger partial charge in [0.2, 0.25) is 5.78 Å². The summed E-state index contributed by atoms with van der Waals surface area (Å²) in [5.74, 6) is 2.48. The van der Waals surface area contributed by atoms with Gasteiger partial charge in [-0.25, -0.2) is 4.98 Å². The molecule has 3 rings (SSSR count). The lowest BCUT2D eigenvalue weighted by Crippen LogP contribution is -2.04. The first-order valence-corrected chi connectivity index (χ1v) is 7.11. The fraction of sp³-hybridized carbons (Fsp3) is 0.286. The number of benzene rings is 1. The minimum Gasteiger partial charge on any atom is -0.486 e. The summed E-state index contributed by atoms with van der Waals surface area (Å²) in [5.41, 5.74) is 2.10. The summed E-state index contributed by atoms with van der Waals surface area (Å²) in [6, 6.07) is 7.98. The van der Waals surface area contributed by atoms with E-state index in [2.05, 4.69) is 26.0 Å². The highest BCUT2D eigenvalue weighted by molar-refractivity contribution is 9.10. The first-order valence-electron chi connectivity index (χ1n) is 6.32. The Morgan fingerprint density at radius 2 is 2.10 bits per heavy atom. The molecule has 5 nitrogen and oxygen atoms in total. The SMILES string of the molecule is Cc1cccc(OCc2nn3c(Br)c(C)nc3n2C)c1. The highest BCUT2D eigenvalue weighted by Gasteiger charge is 2.14. The lowest BCUT2D eigenvalue weighted by atomic mass is 10.2. The standard InChI is InChI=1S/C14H15BrN4O/c1-9-5-4-6-11(7-9)20-8-12-17-19-13(15)10(2)16-14(19)18(12)3/h4-7H,8H2,1-3H3. The molecule has 0 fully saturated rings. The lowest BCUT2D eigenvalue weighted by molar-refractivity contribution is 0.291. The van der Waals surface area contributed by atoms with Gasteiger partial charge in [0.15, 0.2) is 5.82 Å². The van der Waals surface area contributed by atoms with Crippen molar-refractivity contribution in [2.45, 2.75) is 20.5 Å². The molecule has 0 aliphatic heterocycles. The van der Waals surface area contributed by atoms with Gasteiger partial charge in [-0.2, -0.15) is 4.52 Å². The van der Waals surface area contributed by atoms with E-state index < -0.39 is 0 Å². The second-order valence-electron chi connectivity index (χ2n) is 4.78. The number of aromatic nitrogens is 4. The Hall–Kier alpha value is -1.82. The van der Waals surface area contributed by atoms with E-state index in [4.69, 9.17) is 4.74 Å². The van der Waals surface area contributed by atoms with Gasteiger partial charge < -0.3 is 4.74 Å².